The first-order chi connectivity index (χ1) is 18.1. The maximum absolute atomic E-state index is 14.4. The summed E-state index contributed by atoms with van der Waals surface area (Å²) in [4.78, 5) is 29.2. The molecule has 0 saturated heterocycles. The van der Waals surface area contributed by atoms with Gasteiger partial charge < -0.3 is 14.8 Å². The molecule has 3 aromatic carbocycles. The lowest BCUT2D eigenvalue weighted by atomic mass is 10.00. The Morgan fingerprint density at radius 2 is 1.68 bits per heavy atom. The molecule has 4 aromatic rings. The minimum absolute atomic E-state index is 0.204. The minimum atomic E-state index is -1.19. The van der Waals surface area contributed by atoms with Crippen LogP contribution in [0.3, 0.4) is 0 Å². The topological polar surface area (TPSA) is 98.6 Å². The van der Waals surface area contributed by atoms with Crippen LogP contribution in [-0.2, 0) is 16.1 Å². The summed E-state index contributed by atoms with van der Waals surface area (Å²) >= 11 is 0. The van der Waals surface area contributed by atoms with Crippen molar-refractivity contribution >= 4 is 28.5 Å². The molecule has 0 aliphatic heterocycles. The zero-order valence-electron chi connectivity index (χ0n) is 21.9. The van der Waals surface area contributed by atoms with Crippen molar-refractivity contribution in [3.63, 3.8) is 0 Å². The van der Waals surface area contributed by atoms with Crippen molar-refractivity contribution < 1.29 is 23.5 Å². The van der Waals surface area contributed by atoms with Crippen LogP contribution in [0.25, 0.3) is 11.0 Å². The number of methoxy groups -OCH3 is 2. The fraction of sp³-hybridized carbons (Fsp3) is 0.286. The van der Waals surface area contributed by atoms with E-state index in [0.717, 1.165) is 0 Å². The van der Waals surface area contributed by atoms with Gasteiger partial charge in [0.25, 0.3) is 0 Å². The molecule has 0 aliphatic rings. The lowest BCUT2D eigenvalue weighted by Crippen LogP contribution is -2.50. The van der Waals surface area contributed by atoms with Gasteiger partial charge in [-0.25, -0.2) is 9.07 Å². The van der Waals surface area contributed by atoms with Gasteiger partial charge in [0.2, 0.25) is 11.8 Å². The molecule has 1 aromatic heterocycles. The van der Waals surface area contributed by atoms with E-state index in [-0.39, 0.29) is 12.2 Å². The highest BCUT2D eigenvalue weighted by Gasteiger charge is 2.35. The summed E-state index contributed by atoms with van der Waals surface area (Å²) in [6, 6.07) is 16.6. The van der Waals surface area contributed by atoms with Gasteiger partial charge in [-0.3, -0.25) is 14.5 Å². The lowest BCUT2D eigenvalue weighted by Gasteiger charge is -2.34. The van der Waals surface area contributed by atoms with Gasteiger partial charge in [-0.1, -0.05) is 23.4 Å². The van der Waals surface area contributed by atoms with Crippen LogP contribution in [0.4, 0.5) is 10.1 Å². The highest BCUT2D eigenvalue weighted by molar-refractivity contribution is 6.01. The van der Waals surface area contributed by atoms with Crippen molar-refractivity contribution in [1.29, 1.82) is 0 Å². The molecule has 0 aliphatic carbocycles. The van der Waals surface area contributed by atoms with Crippen LogP contribution in [0.2, 0.25) is 0 Å². The SMILES string of the molecule is COc1cc(OC)cc([C@H](C(=O)NC(C)(C)C)N(C(=O)Cn2nnc3ccccc32)c2cccc(F)c2)c1. The van der Waals surface area contributed by atoms with E-state index in [2.05, 4.69) is 15.6 Å². The molecule has 4 rings (SSSR count). The van der Waals surface area contributed by atoms with E-state index in [1.54, 1.807) is 36.4 Å². The number of amides is 2. The molecule has 1 heterocycles. The van der Waals surface area contributed by atoms with E-state index in [1.165, 1.54) is 42.0 Å². The number of carbonyl (C=O) groups excluding carboxylic acids is 2. The molecule has 10 heteroatoms. The molecular weight excluding hydrogens is 489 g/mol. The van der Waals surface area contributed by atoms with Crippen LogP contribution in [0.15, 0.2) is 66.7 Å². The van der Waals surface area contributed by atoms with Crippen LogP contribution in [-0.4, -0.2) is 46.6 Å². The molecule has 38 heavy (non-hydrogen) atoms. The number of anilines is 1. The van der Waals surface area contributed by atoms with Crippen LogP contribution < -0.4 is 19.7 Å². The van der Waals surface area contributed by atoms with E-state index < -0.39 is 29.2 Å². The summed E-state index contributed by atoms with van der Waals surface area (Å²) in [6.07, 6.45) is 0. The monoisotopic (exact) mass is 519 g/mol. The molecular formula is C28H30FN5O4. The summed E-state index contributed by atoms with van der Waals surface area (Å²) < 4.78 is 26.8. The fourth-order valence-corrected chi connectivity index (χ4v) is 4.14. The first kappa shape index (κ1) is 26.6. The number of aromatic nitrogens is 3. The van der Waals surface area contributed by atoms with Crippen LogP contribution in [0.1, 0.15) is 32.4 Å². The third-order valence-electron chi connectivity index (χ3n) is 5.75. The third-order valence-corrected chi connectivity index (χ3v) is 5.75. The van der Waals surface area contributed by atoms with Crippen molar-refractivity contribution in [2.75, 3.05) is 19.1 Å². The molecule has 1 N–H and O–H groups in total. The summed E-state index contributed by atoms with van der Waals surface area (Å²) in [6.45, 7) is 5.27. The van der Waals surface area contributed by atoms with Gasteiger partial charge in [-0.05, 0) is 68.8 Å². The number of hydrogen-bond acceptors (Lipinski definition) is 6. The van der Waals surface area contributed by atoms with E-state index in [0.29, 0.717) is 28.1 Å². The third kappa shape index (κ3) is 5.91. The normalized spacial score (nSPS) is 12.2. The molecule has 1 atom stereocenters. The number of fused-ring (bicyclic) bond motifs is 1. The average molecular weight is 520 g/mol. The quantitative estimate of drug-likeness (QED) is 0.373. The predicted molar refractivity (Wildman–Crippen MR) is 142 cm³/mol. The van der Waals surface area contributed by atoms with Gasteiger partial charge in [0.05, 0.1) is 19.7 Å². The van der Waals surface area contributed by atoms with Crippen LogP contribution in [0, 0.1) is 5.82 Å². The van der Waals surface area contributed by atoms with E-state index >= 15 is 0 Å². The Morgan fingerprint density at radius 1 is 1.00 bits per heavy atom. The fourth-order valence-electron chi connectivity index (χ4n) is 4.14. The molecule has 0 bridgehead atoms. The molecule has 9 nitrogen and oxygen atoms in total. The Bertz CT molecular complexity index is 1440. The van der Waals surface area contributed by atoms with Gasteiger partial charge in [0.1, 0.15) is 35.4 Å². The Labute approximate surface area is 220 Å². The predicted octanol–water partition coefficient (Wildman–Crippen LogP) is 4.28. The number of para-hydroxylation sites is 1. The highest BCUT2D eigenvalue weighted by Crippen LogP contribution is 2.34. The largest absolute Gasteiger partial charge is 0.497 e. The van der Waals surface area contributed by atoms with Crippen molar-refractivity contribution in [3.8, 4) is 11.5 Å². The molecule has 2 amide bonds. The summed E-state index contributed by atoms with van der Waals surface area (Å²) in [5.74, 6) is -0.649. The number of nitrogens with one attached hydrogen (secondary N) is 1. The number of halogens is 1. The number of ether oxygens (including phenoxy) is 2. The second kappa shape index (κ2) is 10.9. The summed E-state index contributed by atoms with van der Waals surface area (Å²) in [7, 11) is 2.99. The van der Waals surface area contributed by atoms with Gasteiger partial charge in [-0.15, -0.1) is 5.10 Å². The molecule has 0 radical (unpaired) electrons. The number of hydrogen-bond donors (Lipinski definition) is 1. The van der Waals surface area contributed by atoms with Gasteiger partial charge in [0.15, 0.2) is 0 Å². The van der Waals surface area contributed by atoms with Crippen molar-refractivity contribution in [1.82, 2.24) is 20.3 Å². The first-order valence-corrected chi connectivity index (χ1v) is 12.0. The average Bonchev–Trinajstić information content (AvgIpc) is 3.28. The maximum Gasteiger partial charge on any atom is 0.249 e. The molecule has 0 unspecified atom stereocenters. The number of rotatable bonds is 8. The number of benzene rings is 3. The Kier molecular flexibility index (Phi) is 7.61. The zero-order valence-corrected chi connectivity index (χ0v) is 21.9. The molecule has 0 fully saturated rings. The standard InChI is InChI=1S/C28H30FN5O4/c1-28(2,3)30-27(36)26(18-13-21(37-4)16-22(14-18)38-5)34(20-10-8-9-19(29)15-20)25(35)17-33-24-12-7-6-11-23(24)31-32-33/h6-16,26H,17H2,1-5H3,(H,30,36)/t26-/m1/s1. The smallest absolute Gasteiger partial charge is 0.249 e. The van der Waals surface area contributed by atoms with Crippen LogP contribution in [0.5, 0.6) is 11.5 Å². The molecule has 0 spiro atoms. The summed E-state index contributed by atoms with van der Waals surface area (Å²) in [5.41, 5.74) is 1.28. The van der Waals surface area contributed by atoms with Crippen molar-refractivity contribution in [2.45, 2.75) is 38.9 Å². The Hall–Kier alpha value is -4.47. The van der Waals surface area contributed by atoms with Gasteiger partial charge >= 0.3 is 0 Å². The second-order valence-electron chi connectivity index (χ2n) is 9.77. The molecule has 0 saturated carbocycles. The summed E-state index contributed by atoms with van der Waals surface area (Å²) in [5, 5.41) is 11.2. The van der Waals surface area contributed by atoms with E-state index in [4.69, 9.17) is 9.47 Å². The number of carbonyl (C=O) groups is 2. The highest BCUT2D eigenvalue weighted by atomic mass is 19.1. The minimum Gasteiger partial charge on any atom is -0.497 e. The van der Waals surface area contributed by atoms with Crippen LogP contribution >= 0.6 is 0 Å². The Morgan fingerprint density at radius 3 is 2.32 bits per heavy atom. The van der Waals surface area contributed by atoms with E-state index in [9.17, 15) is 14.0 Å². The molecule has 198 valence electrons. The lowest BCUT2D eigenvalue weighted by molar-refractivity contribution is -0.128. The van der Waals surface area contributed by atoms with Crippen molar-refractivity contribution in [2.24, 2.45) is 0 Å². The van der Waals surface area contributed by atoms with Crippen molar-refractivity contribution in [3.05, 3.63) is 78.1 Å². The van der Waals surface area contributed by atoms with Gasteiger partial charge in [-0.2, -0.15) is 0 Å². The first-order valence-electron chi connectivity index (χ1n) is 12.0. The number of nitrogens with zero attached hydrogens (tertiary/aromatic N) is 4. The zero-order chi connectivity index (χ0) is 27.4. The maximum atomic E-state index is 14.4. The van der Waals surface area contributed by atoms with Gasteiger partial charge in [0, 0.05) is 17.3 Å². The Balaban J connectivity index is 1.88. The van der Waals surface area contributed by atoms with E-state index in [1.807, 2.05) is 32.9 Å². The second-order valence-corrected chi connectivity index (χ2v) is 9.77.